The van der Waals surface area contributed by atoms with Gasteiger partial charge in [-0.3, -0.25) is 5.50 Å². The molecule has 2 fully saturated rings. The van der Waals surface area contributed by atoms with Crippen LogP contribution in [-0.4, -0.2) is 29.3 Å². The van der Waals surface area contributed by atoms with Crippen LogP contribution in [0.25, 0.3) is 0 Å². The fourth-order valence-electron chi connectivity index (χ4n) is 7.20. The molecule has 5 rings (SSSR count). The van der Waals surface area contributed by atoms with Gasteiger partial charge in [0.1, 0.15) is 5.75 Å². The first-order valence-electron chi connectivity index (χ1n) is 13.0. The predicted octanol–water partition coefficient (Wildman–Crippen LogP) is 6.39. The normalized spacial score (nSPS) is 30.5. The van der Waals surface area contributed by atoms with Gasteiger partial charge in [0, 0.05) is 0 Å². The Hall–Kier alpha value is -1.35. The van der Waals surface area contributed by atoms with E-state index in [4.69, 9.17) is 19.7 Å². The molecule has 3 aliphatic carbocycles. The minimum Gasteiger partial charge on any atom is -0.423 e. The van der Waals surface area contributed by atoms with Gasteiger partial charge in [-0.15, -0.1) is 8.58 Å². The predicted molar refractivity (Wildman–Crippen MR) is 143 cm³/mol. The highest BCUT2D eigenvalue weighted by molar-refractivity contribution is 7.43. The van der Waals surface area contributed by atoms with Crippen molar-refractivity contribution >= 4 is 23.1 Å². The van der Waals surface area contributed by atoms with Crippen molar-refractivity contribution in [2.75, 3.05) is 12.8 Å². The maximum atomic E-state index is 12.5. The number of fused-ring (bicyclic) bond motifs is 5. The summed E-state index contributed by atoms with van der Waals surface area (Å²) in [7, 11) is -0.744. The number of esters is 1. The highest BCUT2D eigenvalue weighted by Gasteiger charge is 2.54. The van der Waals surface area contributed by atoms with Gasteiger partial charge in [0.25, 0.3) is 0 Å². The maximum Gasteiger partial charge on any atom is 0.343 e. The molecule has 2 aromatic rings. The van der Waals surface area contributed by atoms with Crippen LogP contribution in [0.4, 0.5) is 0 Å². The molecule has 7 heteroatoms. The fourth-order valence-corrected chi connectivity index (χ4v) is 9.41. The summed E-state index contributed by atoms with van der Waals surface area (Å²) in [5.41, 5.74) is 10.1. The van der Waals surface area contributed by atoms with Crippen LogP contribution in [0.15, 0.2) is 48.5 Å². The Balaban J connectivity index is 1.23. The zero-order chi connectivity index (χ0) is 24.4. The molecule has 7 atom stereocenters. The van der Waals surface area contributed by atoms with Crippen LogP contribution >= 0.6 is 17.1 Å². The van der Waals surface area contributed by atoms with Crippen molar-refractivity contribution in [2.45, 2.75) is 63.4 Å². The monoisotopic (exact) mass is 513 g/mol. The van der Waals surface area contributed by atoms with Crippen LogP contribution in [-0.2, 0) is 10.9 Å². The van der Waals surface area contributed by atoms with E-state index in [1.54, 1.807) is 12.1 Å². The van der Waals surface area contributed by atoms with E-state index in [2.05, 4.69) is 19.1 Å². The number of nitrogens with two attached hydrogens (primary N) is 1. The third-order valence-corrected chi connectivity index (χ3v) is 11.4. The van der Waals surface area contributed by atoms with Crippen LogP contribution in [0.5, 0.6) is 5.75 Å². The Kier molecular flexibility index (Phi) is 7.92. The van der Waals surface area contributed by atoms with Crippen molar-refractivity contribution in [2.24, 2.45) is 22.8 Å². The molecule has 5 nitrogen and oxygen atoms in total. The summed E-state index contributed by atoms with van der Waals surface area (Å²) in [5, 5.41) is 0. The maximum absolute atomic E-state index is 12.5. The Morgan fingerprint density at radius 3 is 2.80 bits per heavy atom. The van der Waals surface area contributed by atoms with E-state index in [1.807, 2.05) is 24.3 Å². The molecule has 7 unspecified atom stereocenters. The summed E-state index contributed by atoms with van der Waals surface area (Å²) >= 11 is 0. The minimum atomic E-state index is -1.72. The third kappa shape index (κ3) is 5.36. The first-order valence-corrected chi connectivity index (χ1v) is 15.5. The molecule has 0 heterocycles. The van der Waals surface area contributed by atoms with Crippen molar-refractivity contribution in [3.8, 4) is 5.75 Å². The molecule has 0 spiro atoms. The Morgan fingerprint density at radius 1 is 1.17 bits per heavy atom. The van der Waals surface area contributed by atoms with E-state index in [0.717, 1.165) is 38.9 Å². The molecular weight excluding hydrogens is 476 g/mol. The lowest BCUT2D eigenvalue weighted by Gasteiger charge is -2.51. The van der Waals surface area contributed by atoms with E-state index < -0.39 is 8.53 Å². The van der Waals surface area contributed by atoms with Gasteiger partial charge in [-0.1, -0.05) is 31.2 Å². The summed E-state index contributed by atoms with van der Waals surface area (Å²) in [6.07, 6.45) is 9.77. The number of carbonyl (C=O) groups excluding carboxylic acids is 1. The molecule has 0 radical (unpaired) electrons. The molecule has 2 saturated carbocycles. The largest absolute Gasteiger partial charge is 0.423 e. The van der Waals surface area contributed by atoms with Gasteiger partial charge >= 0.3 is 5.97 Å². The summed E-state index contributed by atoms with van der Waals surface area (Å²) < 4.78 is 10.9. The molecule has 3 N–H and O–H groups in total. The number of ether oxygens (including phenoxy) is 1. The van der Waals surface area contributed by atoms with Crippen molar-refractivity contribution in [1.82, 2.24) is 0 Å². The van der Waals surface area contributed by atoms with E-state index in [9.17, 15) is 4.79 Å². The van der Waals surface area contributed by atoms with Crippen LogP contribution in [0, 0.1) is 17.3 Å². The summed E-state index contributed by atoms with van der Waals surface area (Å²) in [6, 6.07) is 15.5. The van der Waals surface area contributed by atoms with E-state index in [0.29, 0.717) is 29.3 Å². The highest BCUT2D eigenvalue weighted by Crippen LogP contribution is 2.64. The lowest BCUT2D eigenvalue weighted by molar-refractivity contribution is 0.0623. The van der Waals surface area contributed by atoms with E-state index in [1.165, 1.54) is 49.4 Å². The summed E-state index contributed by atoms with van der Waals surface area (Å²) in [6.45, 7) is 3.15. The summed E-state index contributed by atoms with van der Waals surface area (Å²) in [4.78, 5) is 21.6. The van der Waals surface area contributed by atoms with Crippen molar-refractivity contribution in [3.63, 3.8) is 0 Å². The van der Waals surface area contributed by atoms with E-state index >= 15 is 0 Å². The molecule has 188 valence electrons. The minimum absolute atomic E-state index is 0.294. The van der Waals surface area contributed by atoms with Gasteiger partial charge in [0.05, 0.1) is 12.2 Å². The molecule has 0 aromatic heterocycles. The zero-order valence-electron chi connectivity index (χ0n) is 20.5. The lowest BCUT2D eigenvalue weighted by atomic mass is 9.56. The van der Waals surface area contributed by atoms with E-state index in [-0.39, 0.29) is 5.97 Å². The molecule has 3 aliphatic rings. The lowest BCUT2D eigenvalue weighted by Crippen LogP contribution is -2.43. The smallest absolute Gasteiger partial charge is 0.343 e. The Bertz CT molecular complexity index is 1030. The number of aryl methyl sites for hydroxylation is 1. The molecular formula is C28H37NO4P2. The zero-order valence-corrected chi connectivity index (χ0v) is 22.4. The van der Waals surface area contributed by atoms with Gasteiger partial charge in [0.15, 0.2) is 0 Å². The van der Waals surface area contributed by atoms with Gasteiger partial charge < -0.3 is 14.2 Å². The van der Waals surface area contributed by atoms with Crippen LogP contribution in [0.3, 0.4) is 0 Å². The second-order valence-electron chi connectivity index (χ2n) is 10.6. The number of hydrogen-bond acceptors (Lipinski definition) is 5. The second kappa shape index (κ2) is 11.0. The van der Waals surface area contributed by atoms with Gasteiger partial charge in [-0.25, -0.2) is 4.79 Å². The first-order chi connectivity index (χ1) is 17.0. The summed E-state index contributed by atoms with van der Waals surface area (Å²) in [5.74, 6) is 2.59. The van der Waals surface area contributed by atoms with Gasteiger partial charge in [-0.05, 0) is 115 Å². The fraction of sp³-hybridized carbons (Fsp3) is 0.536. The first kappa shape index (κ1) is 25.3. The topological polar surface area (TPSA) is 81.8 Å². The Morgan fingerprint density at radius 2 is 2.00 bits per heavy atom. The molecule has 2 aromatic carbocycles. The number of benzene rings is 2. The highest BCUT2D eigenvalue weighted by atomic mass is 31.2. The quantitative estimate of drug-likeness (QED) is 0.185. The van der Waals surface area contributed by atoms with Crippen molar-refractivity contribution in [3.05, 3.63) is 65.2 Å². The Labute approximate surface area is 211 Å². The SMILES string of the molecule is CC12CCC3c4ccc(OC(=O)c5ccccc5)cc4CCC3C1CCC2PCCCOP(N)O. The molecule has 0 saturated heterocycles. The van der Waals surface area contributed by atoms with Crippen LogP contribution in [0.2, 0.25) is 0 Å². The standard InChI is InChI=1S/C28H37NO4P2/c1-28-15-14-23-22-11-9-21(33-27(30)19-6-3-2-4-7-19)18-20(22)8-10-24(23)25(28)12-13-26(28)34-17-5-16-32-35(29)31/h2-4,6-7,9,11,18,23-26,31,34H,5,8,10,12-17,29H2,1H3. The molecule has 0 bridgehead atoms. The van der Waals surface area contributed by atoms with Crippen LogP contribution in [0.1, 0.15) is 72.9 Å². The average molecular weight is 514 g/mol. The number of hydrogen-bond donors (Lipinski definition) is 2. The van der Waals surface area contributed by atoms with Crippen molar-refractivity contribution in [1.29, 1.82) is 0 Å². The third-order valence-electron chi connectivity index (χ3n) is 8.85. The molecule has 0 aliphatic heterocycles. The number of carbonyl (C=O) groups is 1. The molecule has 0 amide bonds. The van der Waals surface area contributed by atoms with Gasteiger partial charge in [0.2, 0.25) is 8.53 Å². The van der Waals surface area contributed by atoms with Crippen LogP contribution < -0.4 is 10.2 Å². The van der Waals surface area contributed by atoms with Crippen molar-refractivity contribution < 1.29 is 18.9 Å². The number of rotatable bonds is 8. The molecule has 35 heavy (non-hydrogen) atoms. The average Bonchev–Trinajstić information content (AvgIpc) is 3.20. The van der Waals surface area contributed by atoms with Gasteiger partial charge in [-0.2, -0.15) is 0 Å². The second-order valence-corrected chi connectivity index (χ2v) is 13.1.